The maximum atomic E-state index is 12.6. The topological polar surface area (TPSA) is 94.8 Å². The van der Waals surface area contributed by atoms with Crippen LogP contribution in [0.5, 0.6) is 0 Å². The van der Waals surface area contributed by atoms with Crippen LogP contribution in [0.25, 0.3) is 11.3 Å². The van der Waals surface area contributed by atoms with Gasteiger partial charge in [-0.05, 0) is 43.9 Å². The van der Waals surface area contributed by atoms with Crippen LogP contribution in [0, 0.1) is 0 Å². The second kappa shape index (κ2) is 7.71. The molecule has 0 aromatic carbocycles. The molecule has 5 rings (SSSR count). The van der Waals surface area contributed by atoms with Gasteiger partial charge in [-0.25, -0.2) is 14.6 Å². The third-order valence-electron chi connectivity index (χ3n) is 5.61. The van der Waals surface area contributed by atoms with Gasteiger partial charge in [-0.15, -0.1) is 0 Å². The molecule has 2 aliphatic rings. The van der Waals surface area contributed by atoms with Gasteiger partial charge in [0, 0.05) is 35.3 Å². The van der Waals surface area contributed by atoms with Crippen molar-refractivity contribution in [2.45, 2.75) is 37.8 Å². The Bertz CT molecular complexity index is 1070. The highest BCUT2D eigenvalue weighted by atomic mass is 16.5. The summed E-state index contributed by atoms with van der Waals surface area (Å²) in [4.78, 5) is 25.6. The molecule has 29 heavy (non-hydrogen) atoms. The summed E-state index contributed by atoms with van der Waals surface area (Å²) in [7, 11) is 0. The van der Waals surface area contributed by atoms with Crippen molar-refractivity contribution >= 4 is 5.82 Å². The Morgan fingerprint density at radius 1 is 1.03 bits per heavy atom. The molecule has 0 saturated carbocycles. The lowest BCUT2D eigenvalue weighted by atomic mass is 9.96. The number of hydrogen-bond acceptors (Lipinski definition) is 7. The molecule has 0 amide bonds. The van der Waals surface area contributed by atoms with E-state index >= 15 is 0 Å². The highest BCUT2D eigenvalue weighted by molar-refractivity contribution is 5.57. The number of nitrogens with zero attached hydrogens (tertiary/aromatic N) is 5. The van der Waals surface area contributed by atoms with Gasteiger partial charge in [-0.2, -0.15) is 5.10 Å². The average Bonchev–Trinajstić information content (AvgIpc) is 3.23. The monoisotopic (exact) mass is 390 g/mol. The van der Waals surface area contributed by atoms with Crippen molar-refractivity contribution in [3.63, 3.8) is 0 Å². The third kappa shape index (κ3) is 3.51. The number of aryl methyl sites for hydroxylation is 1. The van der Waals surface area contributed by atoms with Crippen LogP contribution in [-0.2, 0) is 17.6 Å². The fourth-order valence-corrected chi connectivity index (χ4v) is 4.08. The van der Waals surface area contributed by atoms with E-state index in [2.05, 4.69) is 25.4 Å². The smallest absolute Gasteiger partial charge is 0.267 e. The molecule has 1 aliphatic heterocycles. The zero-order valence-electron chi connectivity index (χ0n) is 16.0. The molecule has 0 spiro atoms. The van der Waals surface area contributed by atoms with Crippen LogP contribution in [0.3, 0.4) is 0 Å². The minimum absolute atomic E-state index is 0.0891. The predicted molar refractivity (Wildman–Crippen MR) is 108 cm³/mol. The van der Waals surface area contributed by atoms with Crippen molar-refractivity contribution < 1.29 is 4.74 Å². The molecule has 0 bridgehead atoms. The number of nitrogens with one attached hydrogen (secondary N) is 1. The number of ether oxygens (including phenoxy) is 1. The molecule has 4 heterocycles. The van der Waals surface area contributed by atoms with Gasteiger partial charge < -0.3 is 10.1 Å². The summed E-state index contributed by atoms with van der Waals surface area (Å²) in [6.45, 7) is 0.925. The zero-order chi connectivity index (χ0) is 19.6. The largest absolute Gasteiger partial charge is 0.377 e. The van der Waals surface area contributed by atoms with Crippen LogP contribution in [-0.4, -0.2) is 44.0 Å². The molecule has 2 atom stereocenters. The van der Waals surface area contributed by atoms with E-state index in [9.17, 15) is 4.79 Å². The minimum Gasteiger partial charge on any atom is -0.377 e. The van der Waals surface area contributed by atoms with Gasteiger partial charge in [0.2, 0.25) is 0 Å². The van der Waals surface area contributed by atoms with E-state index in [1.165, 1.54) is 16.7 Å². The van der Waals surface area contributed by atoms with E-state index in [1.54, 1.807) is 30.9 Å². The Hall–Kier alpha value is -3.13. The van der Waals surface area contributed by atoms with Gasteiger partial charge in [0.25, 0.3) is 5.56 Å². The highest BCUT2D eigenvalue weighted by Crippen LogP contribution is 2.28. The SMILES string of the molecule is O=c1ccc(-c2ccncc2)nn1C1COCC1Nc1ncnc2c1CCCC2. The summed E-state index contributed by atoms with van der Waals surface area (Å²) in [5.41, 5.74) is 3.82. The van der Waals surface area contributed by atoms with Gasteiger partial charge >= 0.3 is 0 Å². The second-order valence-electron chi connectivity index (χ2n) is 7.45. The molecule has 1 fully saturated rings. The lowest BCUT2D eigenvalue weighted by molar-refractivity contribution is 0.183. The highest BCUT2D eigenvalue weighted by Gasteiger charge is 2.32. The molecule has 3 aromatic heterocycles. The summed E-state index contributed by atoms with van der Waals surface area (Å²) in [5, 5.41) is 8.15. The van der Waals surface area contributed by atoms with E-state index in [0.29, 0.717) is 13.2 Å². The number of fused-ring (bicyclic) bond motifs is 1. The summed E-state index contributed by atoms with van der Waals surface area (Å²) in [6, 6.07) is 6.77. The van der Waals surface area contributed by atoms with E-state index in [4.69, 9.17) is 4.74 Å². The quantitative estimate of drug-likeness (QED) is 0.728. The standard InChI is InChI=1S/C21H22N6O2/c28-20-6-5-16(14-7-9-22-10-8-14)26-27(20)19-12-29-11-18(19)25-21-15-3-1-2-4-17(15)23-13-24-21/h5-10,13,18-19H,1-4,11-12H2,(H,23,24,25). The first-order chi connectivity index (χ1) is 14.3. The van der Waals surface area contributed by atoms with Crippen molar-refractivity contribution in [1.29, 1.82) is 0 Å². The Balaban J connectivity index is 1.45. The van der Waals surface area contributed by atoms with Crippen LogP contribution < -0.4 is 10.9 Å². The van der Waals surface area contributed by atoms with Gasteiger partial charge in [-0.1, -0.05) is 0 Å². The molecule has 3 aromatic rings. The summed E-state index contributed by atoms with van der Waals surface area (Å²) >= 11 is 0. The fourth-order valence-electron chi connectivity index (χ4n) is 4.08. The number of rotatable bonds is 4. The lowest BCUT2D eigenvalue weighted by Crippen LogP contribution is -2.37. The van der Waals surface area contributed by atoms with Crippen molar-refractivity contribution in [1.82, 2.24) is 24.7 Å². The second-order valence-corrected chi connectivity index (χ2v) is 7.45. The summed E-state index contributed by atoms with van der Waals surface area (Å²) in [5.74, 6) is 0.855. The molecular weight excluding hydrogens is 368 g/mol. The summed E-state index contributed by atoms with van der Waals surface area (Å²) < 4.78 is 7.26. The Kier molecular flexibility index (Phi) is 4.77. The molecular formula is C21H22N6O2. The summed E-state index contributed by atoms with van der Waals surface area (Å²) in [6.07, 6.45) is 9.33. The van der Waals surface area contributed by atoms with Crippen LogP contribution in [0.15, 0.2) is 47.8 Å². The number of hydrogen-bond donors (Lipinski definition) is 1. The van der Waals surface area contributed by atoms with Crippen LogP contribution in [0.1, 0.15) is 30.1 Å². The van der Waals surface area contributed by atoms with Crippen molar-refractivity contribution in [2.24, 2.45) is 0 Å². The number of anilines is 1. The Morgan fingerprint density at radius 2 is 1.90 bits per heavy atom. The molecule has 1 N–H and O–H groups in total. The predicted octanol–water partition coefficient (Wildman–Crippen LogP) is 2.03. The maximum absolute atomic E-state index is 12.6. The first-order valence-electron chi connectivity index (χ1n) is 9.97. The molecule has 0 radical (unpaired) electrons. The van der Waals surface area contributed by atoms with E-state index in [0.717, 1.165) is 42.0 Å². The molecule has 2 unspecified atom stereocenters. The first kappa shape index (κ1) is 17.9. The lowest BCUT2D eigenvalue weighted by Gasteiger charge is -2.24. The third-order valence-corrected chi connectivity index (χ3v) is 5.61. The van der Waals surface area contributed by atoms with Gasteiger partial charge in [-0.3, -0.25) is 9.78 Å². The molecule has 1 aliphatic carbocycles. The number of pyridine rings is 1. The number of aromatic nitrogens is 5. The molecule has 1 saturated heterocycles. The van der Waals surface area contributed by atoms with Crippen molar-refractivity contribution in [2.75, 3.05) is 18.5 Å². The van der Waals surface area contributed by atoms with Crippen LogP contribution in [0.4, 0.5) is 5.82 Å². The fraction of sp³-hybridized carbons (Fsp3) is 0.381. The molecule has 8 heteroatoms. The first-order valence-corrected chi connectivity index (χ1v) is 9.97. The minimum atomic E-state index is -0.210. The van der Waals surface area contributed by atoms with Crippen LogP contribution >= 0.6 is 0 Å². The normalized spacial score (nSPS) is 21.0. The van der Waals surface area contributed by atoms with Crippen LogP contribution in [0.2, 0.25) is 0 Å². The van der Waals surface area contributed by atoms with E-state index in [-0.39, 0.29) is 17.6 Å². The van der Waals surface area contributed by atoms with Gasteiger partial charge in [0.15, 0.2) is 0 Å². The Labute approximate surface area is 168 Å². The van der Waals surface area contributed by atoms with Crippen molar-refractivity contribution in [3.05, 3.63) is 64.6 Å². The molecule has 8 nitrogen and oxygen atoms in total. The molecule has 148 valence electrons. The van der Waals surface area contributed by atoms with Crippen molar-refractivity contribution in [3.8, 4) is 11.3 Å². The van der Waals surface area contributed by atoms with Gasteiger partial charge in [0.05, 0.1) is 24.9 Å². The maximum Gasteiger partial charge on any atom is 0.267 e. The van der Waals surface area contributed by atoms with Gasteiger partial charge in [0.1, 0.15) is 18.2 Å². The average molecular weight is 390 g/mol. The van der Waals surface area contributed by atoms with E-state index in [1.807, 2.05) is 12.1 Å². The Morgan fingerprint density at radius 3 is 2.79 bits per heavy atom. The van der Waals surface area contributed by atoms with E-state index < -0.39 is 0 Å². The zero-order valence-corrected chi connectivity index (χ0v) is 16.0.